The van der Waals surface area contributed by atoms with Crippen molar-refractivity contribution in [3.05, 3.63) is 29.8 Å². The molecule has 78 valence electrons. The third kappa shape index (κ3) is 4.63. The summed E-state index contributed by atoms with van der Waals surface area (Å²) in [6.07, 6.45) is 0. The molecule has 1 aromatic carbocycles. The molecule has 0 aliphatic carbocycles. The van der Waals surface area contributed by atoms with Crippen LogP contribution in [0.15, 0.2) is 24.3 Å². The van der Waals surface area contributed by atoms with Crippen LogP contribution in [0.4, 0.5) is 0 Å². The summed E-state index contributed by atoms with van der Waals surface area (Å²) >= 11 is 3.29. The Labute approximate surface area is 93.4 Å². The molecule has 0 unspecified atom stereocenters. The van der Waals surface area contributed by atoms with Gasteiger partial charge in [0.2, 0.25) is 0 Å². The normalized spacial score (nSPS) is 10.1. The first-order chi connectivity index (χ1) is 6.83. The van der Waals surface area contributed by atoms with Crippen LogP contribution in [0.5, 0.6) is 5.75 Å². The van der Waals surface area contributed by atoms with Crippen molar-refractivity contribution in [3.8, 4) is 5.75 Å². The van der Waals surface area contributed by atoms with Gasteiger partial charge >= 0.3 is 0 Å². The van der Waals surface area contributed by atoms with Crippen LogP contribution in [-0.4, -0.2) is 25.2 Å². The van der Waals surface area contributed by atoms with Crippen molar-refractivity contribution < 1.29 is 9.47 Å². The summed E-state index contributed by atoms with van der Waals surface area (Å²) in [5, 5.41) is 0.873. The Morgan fingerprint density at radius 1 is 1.07 bits per heavy atom. The number of hydrogen-bond donors (Lipinski definition) is 0. The lowest BCUT2D eigenvalue weighted by Crippen LogP contribution is -2.07. The predicted molar refractivity (Wildman–Crippen MR) is 61.3 cm³/mol. The molecule has 0 amide bonds. The van der Waals surface area contributed by atoms with Crippen molar-refractivity contribution in [2.24, 2.45) is 0 Å². The lowest BCUT2D eigenvalue weighted by Gasteiger charge is -2.06. The molecule has 1 aromatic rings. The Kier molecular flexibility index (Phi) is 5.64. The topological polar surface area (TPSA) is 18.5 Å². The Bertz CT molecular complexity index is 246. The second kappa shape index (κ2) is 6.85. The average Bonchev–Trinajstić information content (AvgIpc) is 2.21. The number of ether oxygens (including phenoxy) is 2. The van der Waals surface area contributed by atoms with Gasteiger partial charge in [0.15, 0.2) is 0 Å². The summed E-state index contributed by atoms with van der Waals surface area (Å²) in [7, 11) is 0. The SMILES string of the molecule is Cc1ccc(OCCOCCBr)cc1. The molecule has 1 rings (SSSR count). The Morgan fingerprint density at radius 3 is 2.43 bits per heavy atom. The van der Waals surface area contributed by atoms with Gasteiger partial charge in [-0.3, -0.25) is 0 Å². The second-order valence-corrected chi connectivity index (χ2v) is 3.76. The molecule has 14 heavy (non-hydrogen) atoms. The average molecular weight is 259 g/mol. The van der Waals surface area contributed by atoms with Gasteiger partial charge in [-0.25, -0.2) is 0 Å². The highest BCUT2D eigenvalue weighted by Gasteiger charge is 1.92. The van der Waals surface area contributed by atoms with E-state index in [1.807, 2.05) is 24.3 Å². The van der Waals surface area contributed by atoms with E-state index in [2.05, 4.69) is 22.9 Å². The van der Waals surface area contributed by atoms with Gasteiger partial charge in [-0.2, -0.15) is 0 Å². The van der Waals surface area contributed by atoms with Crippen molar-refractivity contribution in [1.29, 1.82) is 0 Å². The lowest BCUT2D eigenvalue weighted by molar-refractivity contribution is 0.112. The molecule has 2 nitrogen and oxygen atoms in total. The molecular formula is C11H15BrO2. The van der Waals surface area contributed by atoms with Gasteiger partial charge < -0.3 is 9.47 Å². The molecule has 0 radical (unpaired) electrons. The number of alkyl halides is 1. The minimum absolute atomic E-state index is 0.607. The maximum Gasteiger partial charge on any atom is 0.119 e. The van der Waals surface area contributed by atoms with E-state index in [-0.39, 0.29) is 0 Å². The monoisotopic (exact) mass is 258 g/mol. The lowest BCUT2D eigenvalue weighted by atomic mass is 10.2. The maximum atomic E-state index is 5.47. The predicted octanol–water partition coefficient (Wildman–Crippen LogP) is 2.79. The van der Waals surface area contributed by atoms with Crippen LogP contribution in [0.1, 0.15) is 5.56 Å². The van der Waals surface area contributed by atoms with Gasteiger partial charge in [-0.15, -0.1) is 0 Å². The van der Waals surface area contributed by atoms with Crippen LogP contribution < -0.4 is 4.74 Å². The number of aryl methyl sites for hydroxylation is 1. The molecule has 0 saturated carbocycles. The van der Waals surface area contributed by atoms with E-state index in [4.69, 9.17) is 9.47 Å². The minimum Gasteiger partial charge on any atom is -0.491 e. The fourth-order valence-corrected chi connectivity index (χ4v) is 1.24. The highest BCUT2D eigenvalue weighted by molar-refractivity contribution is 9.09. The van der Waals surface area contributed by atoms with Crippen LogP contribution in [0, 0.1) is 6.92 Å². The maximum absolute atomic E-state index is 5.47. The number of benzene rings is 1. The zero-order valence-electron chi connectivity index (χ0n) is 8.33. The van der Waals surface area contributed by atoms with E-state index in [1.165, 1.54) is 5.56 Å². The number of halogens is 1. The molecule has 0 aliphatic heterocycles. The van der Waals surface area contributed by atoms with Gasteiger partial charge in [0.25, 0.3) is 0 Å². The highest BCUT2D eigenvalue weighted by atomic mass is 79.9. The van der Waals surface area contributed by atoms with E-state index in [0.29, 0.717) is 13.2 Å². The van der Waals surface area contributed by atoms with Gasteiger partial charge in [0, 0.05) is 5.33 Å². The summed E-state index contributed by atoms with van der Waals surface area (Å²) in [6.45, 7) is 4.04. The Hall–Kier alpha value is -0.540. The first-order valence-electron chi connectivity index (χ1n) is 4.66. The second-order valence-electron chi connectivity index (χ2n) is 2.96. The van der Waals surface area contributed by atoms with Crippen LogP contribution in [0.2, 0.25) is 0 Å². The largest absolute Gasteiger partial charge is 0.491 e. The molecular weight excluding hydrogens is 244 g/mol. The molecule has 3 heteroatoms. The third-order valence-electron chi connectivity index (χ3n) is 1.74. The minimum atomic E-state index is 0.607. The fourth-order valence-electron chi connectivity index (χ4n) is 1.01. The molecule has 0 bridgehead atoms. The summed E-state index contributed by atoms with van der Waals surface area (Å²) in [5.74, 6) is 0.901. The number of rotatable bonds is 6. The summed E-state index contributed by atoms with van der Waals surface area (Å²) < 4.78 is 10.7. The quantitative estimate of drug-likeness (QED) is 0.577. The molecule has 0 N–H and O–H groups in total. The molecule has 0 atom stereocenters. The first-order valence-corrected chi connectivity index (χ1v) is 5.78. The molecule has 0 aliphatic rings. The molecule has 0 aromatic heterocycles. The van der Waals surface area contributed by atoms with E-state index in [0.717, 1.165) is 17.7 Å². The fraction of sp³-hybridized carbons (Fsp3) is 0.455. The molecule has 0 fully saturated rings. The molecule has 0 heterocycles. The zero-order chi connectivity index (χ0) is 10.2. The van der Waals surface area contributed by atoms with E-state index < -0.39 is 0 Å². The van der Waals surface area contributed by atoms with Crippen molar-refractivity contribution in [1.82, 2.24) is 0 Å². The molecule has 0 saturated heterocycles. The first kappa shape index (κ1) is 11.5. The third-order valence-corrected chi connectivity index (χ3v) is 2.06. The van der Waals surface area contributed by atoms with E-state index >= 15 is 0 Å². The summed E-state index contributed by atoms with van der Waals surface area (Å²) in [4.78, 5) is 0. The van der Waals surface area contributed by atoms with Crippen LogP contribution >= 0.6 is 15.9 Å². The Morgan fingerprint density at radius 2 is 1.79 bits per heavy atom. The van der Waals surface area contributed by atoms with Gasteiger partial charge in [-0.1, -0.05) is 33.6 Å². The van der Waals surface area contributed by atoms with Crippen LogP contribution in [0.25, 0.3) is 0 Å². The van der Waals surface area contributed by atoms with Gasteiger partial charge in [-0.05, 0) is 19.1 Å². The zero-order valence-corrected chi connectivity index (χ0v) is 9.92. The van der Waals surface area contributed by atoms with Crippen LogP contribution in [0.3, 0.4) is 0 Å². The summed E-state index contributed by atoms with van der Waals surface area (Å²) in [5.41, 5.74) is 1.24. The Balaban J connectivity index is 2.15. The van der Waals surface area contributed by atoms with Crippen molar-refractivity contribution in [2.75, 3.05) is 25.2 Å². The van der Waals surface area contributed by atoms with Gasteiger partial charge in [0.1, 0.15) is 12.4 Å². The highest BCUT2D eigenvalue weighted by Crippen LogP contribution is 2.10. The summed E-state index contributed by atoms with van der Waals surface area (Å²) in [6, 6.07) is 8.02. The standard InChI is InChI=1S/C11H15BrO2/c1-10-2-4-11(5-3-10)14-9-8-13-7-6-12/h2-5H,6-9H2,1H3. The smallest absolute Gasteiger partial charge is 0.119 e. The molecule has 0 spiro atoms. The van der Waals surface area contributed by atoms with Crippen LogP contribution in [-0.2, 0) is 4.74 Å². The van der Waals surface area contributed by atoms with E-state index in [1.54, 1.807) is 0 Å². The van der Waals surface area contributed by atoms with Crippen molar-refractivity contribution in [2.45, 2.75) is 6.92 Å². The number of hydrogen-bond acceptors (Lipinski definition) is 2. The van der Waals surface area contributed by atoms with Gasteiger partial charge in [0.05, 0.1) is 13.2 Å². The van der Waals surface area contributed by atoms with Crippen molar-refractivity contribution in [3.63, 3.8) is 0 Å². The van der Waals surface area contributed by atoms with Crippen molar-refractivity contribution >= 4 is 15.9 Å². The van der Waals surface area contributed by atoms with E-state index in [9.17, 15) is 0 Å².